The van der Waals surface area contributed by atoms with E-state index >= 15 is 0 Å². The minimum absolute atomic E-state index is 0.172. The maximum atomic E-state index is 9.52. The lowest BCUT2D eigenvalue weighted by Crippen LogP contribution is -2.16. The number of nitrogens with two attached hydrogens (primary N) is 1. The number of hydrogen-bond donors (Lipinski definition) is 2. The third-order valence-corrected chi connectivity index (χ3v) is 5.52. The highest BCUT2D eigenvalue weighted by atomic mass is 16.5. The molecule has 152 valence electrons. The molecule has 0 saturated carbocycles. The van der Waals surface area contributed by atoms with Gasteiger partial charge in [0.1, 0.15) is 0 Å². The van der Waals surface area contributed by atoms with Crippen LogP contribution in [0, 0.1) is 0 Å². The van der Waals surface area contributed by atoms with Crippen molar-refractivity contribution in [2.24, 2.45) is 0 Å². The zero-order valence-electron chi connectivity index (χ0n) is 16.3. The molecule has 4 unspecified atom stereocenters. The number of ether oxygens (including phenoxy) is 2. The fourth-order valence-electron chi connectivity index (χ4n) is 3.92. The Bertz CT molecular complexity index is 885. The molecule has 2 aliphatic rings. The molecular weight excluding hydrogens is 366 g/mol. The topological polar surface area (TPSA) is 82.5 Å². The molecule has 0 spiro atoms. The number of nitrogens with zero attached hydrogens (tertiary/aromatic N) is 2. The van der Waals surface area contributed by atoms with Crippen LogP contribution in [0.5, 0.6) is 0 Å². The Morgan fingerprint density at radius 1 is 0.828 bits per heavy atom. The van der Waals surface area contributed by atoms with E-state index < -0.39 is 0 Å². The molecular formula is C23H27N3O3. The van der Waals surface area contributed by atoms with Gasteiger partial charge in [-0.05, 0) is 11.1 Å². The Hall–Kier alpha value is -2.67. The predicted molar refractivity (Wildman–Crippen MR) is 112 cm³/mol. The van der Waals surface area contributed by atoms with Gasteiger partial charge >= 0.3 is 0 Å². The van der Waals surface area contributed by atoms with Gasteiger partial charge in [-0.3, -0.25) is 4.68 Å². The summed E-state index contributed by atoms with van der Waals surface area (Å²) in [7, 11) is 0. The first kappa shape index (κ1) is 19.6. The highest BCUT2D eigenvalue weighted by Crippen LogP contribution is 2.34. The van der Waals surface area contributed by atoms with Crippen molar-refractivity contribution in [1.82, 2.24) is 9.78 Å². The summed E-state index contributed by atoms with van der Waals surface area (Å²) in [5.74, 6) is 0.529. The third-order valence-electron chi connectivity index (χ3n) is 5.52. The number of hydrogen-bond acceptors (Lipinski definition) is 5. The molecule has 0 bridgehead atoms. The lowest BCUT2D eigenvalue weighted by Gasteiger charge is -2.18. The molecule has 3 heterocycles. The Balaban J connectivity index is 0.000000150. The SMILES string of the molecule is Nc1cnn(C2COCC2c2ccccc2)c1.OC1COCC1c1ccccc1. The van der Waals surface area contributed by atoms with Crippen molar-refractivity contribution in [1.29, 1.82) is 0 Å². The van der Waals surface area contributed by atoms with E-state index in [2.05, 4.69) is 29.4 Å². The van der Waals surface area contributed by atoms with Gasteiger partial charge in [0, 0.05) is 18.0 Å². The summed E-state index contributed by atoms with van der Waals surface area (Å²) in [6, 6.07) is 20.7. The van der Waals surface area contributed by atoms with E-state index in [1.807, 2.05) is 47.3 Å². The summed E-state index contributed by atoms with van der Waals surface area (Å²) in [5.41, 5.74) is 8.87. The Morgan fingerprint density at radius 2 is 1.41 bits per heavy atom. The maximum Gasteiger partial charge on any atom is 0.0864 e. The second-order valence-corrected chi connectivity index (χ2v) is 7.50. The minimum Gasteiger partial charge on any atom is -0.396 e. The van der Waals surface area contributed by atoms with E-state index in [0.717, 1.165) is 6.61 Å². The fraction of sp³-hybridized carbons (Fsp3) is 0.348. The van der Waals surface area contributed by atoms with E-state index in [1.54, 1.807) is 6.20 Å². The molecule has 6 heteroatoms. The quantitative estimate of drug-likeness (QED) is 0.715. The second kappa shape index (κ2) is 9.22. The Labute approximate surface area is 170 Å². The summed E-state index contributed by atoms with van der Waals surface area (Å²) in [6.07, 6.45) is 3.22. The first-order valence-corrected chi connectivity index (χ1v) is 9.95. The molecule has 4 atom stereocenters. The van der Waals surface area contributed by atoms with Gasteiger partial charge in [-0.1, -0.05) is 60.7 Å². The average molecular weight is 393 g/mol. The Kier molecular flexibility index (Phi) is 6.24. The average Bonchev–Trinajstić information content (AvgIpc) is 3.50. The van der Waals surface area contributed by atoms with Gasteiger partial charge < -0.3 is 20.3 Å². The molecule has 2 saturated heterocycles. The van der Waals surface area contributed by atoms with Crippen molar-refractivity contribution in [2.45, 2.75) is 24.0 Å². The fourth-order valence-corrected chi connectivity index (χ4v) is 3.92. The number of aromatic nitrogens is 2. The first-order chi connectivity index (χ1) is 14.2. The van der Waals surface area contributed by atoms with E-state index in [-0.39, 0.29) is 18.1 Å². The summed E-state index contributed by atoms with van der Waals surface area (Å²) in [4.78, 5) is 0. The van der Waals surface area contributed by atoms with Crippen LogP contribution < -0.4 is 5.73 Å². The van der Waals surface area contributed by atoms with Gasteiger partial charge in [0.25, 0.3) is 0 Å². The number of rotatable bonds is 3. The summed E-state index contributed by atoms with van der Waals surface area (Å²) >= 11 is 0. The van der Waals surface area contributed by atoms with Crippen LogP contribution in [0.1, 0.15) is 29.0 Å². The van der Waals surface area contributed by atoms with Gasteiger partial charge in [0.2, 0.25) is 0 Å². The molecule has 6 nitrogen and oxygen atoms in total. The zero-order valence-corrected chi connectivity index (χ0v) is 16.3. The highest BCUT2D eigenvalue weighted by molar-refractivity contribution is 5.31. The lowest BCUT2D eigenvalue weighted by atomic mass is 9.94. The van der Waals surface area contributed by atoms with E-state index in [4.69, 9.17) is 15.2 Å². The largest absolute Gasteiger partial charge is 0.396 e. The number of anilines is 1. The molecule has 29 heavy (non-hydrogen) atoms. The van der Waals surface area contributed by atoms with Gasteiger partial charge in [0.05, 0.1) is 50.5 Å². The van der Waals surface area contributed by atoms with Crippen molar-refractivity contribution in [3.05, 3.63) is 84.2 Å². The highest BCUT2D eigenvalue weighted by Gasteiger charge is 2.31. The minimum atomic E-state index is -0.326. The predicted octanol–water partition coefficient (Wildman–Crippen LogP) is 2.98. The number of aliphatic hydroxyl groups excluding tert-OH is 1. The van der Waals surface area contributed by atoms with Crippen molar-refractivity contribution in [2.75, 3.05) is 32.2 Å². The van der Waals surface area contributed by atoms with Crippen LogP contribution in [0.3, 0.4) is 0 Å². The summed E-state index contributed by atoms with van der Waals surface area (Å²) in [6.45, 7) is 2.56. The van der Waals surface area contributed by atoms with Crippen molar-refractivity contribution >= 4 is 5.69 Å². The summed E-state index contributed by atoms with van der Waals surface area (Å²) in [5, 5.41) is 13.8. The molecule has 5 rings (SSSR count). The molecule has 0 aliphatic carbocycles. The van der Waals surface area contributed by atoms with Crippen LogP contribution in [-0.2, 0) is 9.47 Å². The van der Waals surface area contributed by atoms with E-state index in [1.165, 1.54) is 11.1 Å². The molecule has 3 N–H and O–H groups in total. The normalized spacial score (nSPS) is 26.1. The molecule has 2 fully saturated rings. The smallest absolute Gasteiger partial charge is 0.0864 e. The Morgan fingerprint density at radius 3 is 1.97 bits per heavy atom. The lowest BCUT2D eigenvalue weighted by molar-refractivity contribution is 0.124. The maximum absolute atomic E-state index is 9.52. The van der Waals surface area contributed by atoms with Crippen molar-refractivity contribution < 1.29 is 14.6 Å². The van der Waals surface area contributed by atoms with Gasteiger partial charge in [-0.25, -0.2) is 0 Å². The van der Waals surface area contributed by atoms with Crippen LogP contribution in [0.2, 0.25) is 0 Å². The molecule has 3 aromatic rings. The number of aliphatic hydroxyl groups is 1. The zero-order chi connectivity index (χ0) is 20.1. The number of nitrogen functional groups attached to an aromatic ring is 1. The van der Waals surface area contributed by atoms with Crippen LogP contribution in [0.25, 0.3) is 0 Å². The third kappa shape index (κ3) is 4.67. The molecule has 0 amide bonds. The molecule has 2 aliphatic heterocycles. The number of benzene rings is 2. The van der Waals surface area contributed by atoms with Gasteiger partial charge in [0.15, 0.2) is 0 Å². The van der Waals surface area contributed by atoms with Crippen LogP contribution >= 0.6 is 0 Å². The van der Waals surface area contributed by atoms with Gasteiger partial charge in [-0.2, -0.15) is 5.10 Å². The molecule has 0 radical (unpaired) electrons. The van der Waals surface area contributed by atoms with E-state index in [0.29, 0.717) is 31.4 Å². The van der Waals surface area contributed by atoms with Crippen LogP contribution in [0.15, 0.2) is 73.1 Å². The standard InChI is InChI=1S/C13H15N3O.C10H12O2/c14-11-6-15-16(7-11)13-9-17-8-12(13)10-4-2-1-3-5-10;11-10-7-12-6-9(10)8-4-2-1-3-5-8/h1-7,12-13H,8-9,14H2;1-5,9-11H,6-7H2. The summed E-state index contributed by atoms with van der Waals surface area (Å²) < 4.78 is 12.7. The van der Waals surface area contributed by atoms with Crippen molar-refractivity contribution in [3.8, 4) is 0 Å². The first-order valence-electron chi connectivity index (χ1n) is 9.95. The van der Waals surface area contributed by atoms with Crippen LogP contribution in [0.4, 0.5) is 5.69 Å². The van der Waals surface area contributed by atoms with Crippen molar-refractivity contribution in [3.63, 3.8) is 0 Å². The monoisotopic (exact) mass is 393 g/mol. The van der Waals surface area contributed by atoms with Gasteiger partial charge in [-0.15, -0.1) is 0 Å². The molecule has 1 aromatic heterocycles. The molecule has 2 aromatic carbocycles. The van der Waals surface area contributed by atoms with Crippen LogP contribution in [-0.4, -0.2) is 47.4 Å². The second-order valence-electron chi connectivity index (χ2n) is 7.50. The van der Waals surface area contributed by atoms with E-state index in [9.17, 15) is 5.11 Å².